The molecule has 0 bridgehead atoms. The fourth-order valence-electron chi connectivity index (χ4n) is 1.79. The van der Waals surface area contributed by atoms with E-state index >= 15 is 0 Å². The maximum absolute atomic E-state index is 5.43. The summed E-state index contributed by atoms with van der Waals surface area (Å²) >= 11 is 1.67. The lowest BCUT2D eigenvalue weighted by Crippen LogP contribution is -2.34. The third-order valence-electron chi connectivity index (χ3n) is 2.65. The van der Waals surface area contributed by atoms with Crippen LogP contribution < -0.4 is 5.32 Å². The molecule has 0 aliphatic carbocycles. The molecule has 84 valence electrons. The molecule has 1 aliphatic rings. The number of nitrogens with zero attached hydrogens (tertiary/aromatic N) is 1. The molecule has 0 spiro atoms. The molecular formula is C11H13N3OS. The summed E-state index contributed by atoms with van der Waals surface area (Å²) in [5.74, 6) is 0. The van der Waals surface area contributed by atoms with Crippen molar-refractivity contribution in [1.29, 1.82) is 0 Å². The monoisotopic (exact) mass is 235 g/mol. The van der Waals surface area contributed by atoms with Crippen molar-refractivity contribution in [2.45, 2.75) is 6.04 Å². The first-order valence-electron chi connectivity index (χ1n) is 5.33. The van der Waals surface area contributed by atoms with Crippen LogP contribution in [0.15, 0.2) is 23.8 Å². The lowest BCUT2D eigenvalue weighted by Gasteiger charge is -2.21. The first kappa shape index (κ1) is 10.0. The van der Waals surface area contributed by atoms with E-state index in [1.807, 2.05) is 18.5 Å². The Labute approximate surface area is 97.7 Å². The van der Waals surface area contributed by atoms with Gasteiger partial charge in [-0.05, 0) is 6.07 Å². The van der Waals surface area contributed by atoms with Crippen molar-refractivity contribution in [3.8, 4) is 10.6 Å². The lowest BCUT2D eigenvalue weighted by atomic mass is 10.2. The SMILES string of the molecule is c1cc(-c2nc(C3COCCN3)cs2)c[nH]1. The molecule has 1 saturated heterocycles. The van der Waals surface area contributed by atoms with Crippen LogP contribution in [-0.4, -0.2) is 29.7 Å². The Morgan fingerprint density at radius 2 is 2.50 bits per heavy atom. The van der Waals surface area contributed by atoms with Gasteiger partial charge >= 0.3 is 0 Å². The van der Waals surface area contributed by atoms with Crippen LogP contribution >= 0.6 is 11.3 Å². The van der Waals surface area contributed by atoms with Gasteiger partial charge in [-0.25, -0.2) is 4.98 Å². The summed E-state index contributed by atoms with van der Waals surface area (Å²) in [7, 11) is 0. The maximum Gasteiger partial charge on any atom is 0.125 e. The molecule has 1 fully saturated rings. The molecule has 2 aromatic rings. The quantitative estimate of drug-likeness (QED) is 0.834. The number of hydrogen-bond donors (Lipinski definition) is 2. The van der Waals surface area contributed by atoms with Gasteiger partial charge in [0.1, 0.15) is 5.01 Å². The van der Waals surface area contributed by atoms with Crippen LogP contribution in [0.25, 0.3) is 10.6 Å². The minimum atomic E-state index is 0.248. The van der Waals surface area contributed by atoms with Crippen molar-refractivity contribution in [3.63, 3.8) is 0 Å². The van der Waals surface area contributed by atoms with Crippen LogP contribution in [0, 0.1) is 0 Å². The molecule has 5 heteroatoms. The van der Waals surface area contributed by atoms with Crippen molar-refractivity contribution >= 4 is 11.3 Å². The molecule has 1 unspecified atom stereocenters. The predicted molar refractivity (Wildman–Crippen MR) is 63.5 cm³/mol. The number of aromatic amines is 1. The molecule has 3 heterocycles. The van der Waals surface area contributed by atoms with E-state index in [4.69, 9.17) is 4.74 Å². The first-order chi connectivity index (χ1) is 7.93. The second-order valence-corrected chi connectivity index (χ2v) is 4.62. The summed E-state index contributed by atoms with van der Waals surface area (Å²) in [6.07, 6.45) is 3.88. The number of rotatable bonds is 2. The number of aromatic nitrogens is 2. The summed E-state index contributed by atoms with van der Waals surface area (Å²) < 4.78 is 5.43. The number of morpholine rings is 1. The third kappa shape index (κ3) is 1.89. The number of ether oxygens (including phenoxy) is 1. The van der Waals surface area contributed by atoms with Gasteiger partial charge in [0, 0.05) is 29.9 Å². The van der Waals surface area contributed by atoms with Gasteiger partial charge in [0.05, 0.1) is 24.9 Å². The lowest BCUT2D eigenvalue weighted by molar-refractivity contribution is 0.0758. The minimum Gasteiger partial charge on any atom is -0.378 e. The summed E-state index contributed by atoms with van der Waals surface area (Å²) in [6.45, 7) is 2.42. The highest BCUT2D eigenvalue weighted by Gasteiger charge is 2.18. The molecule has 0 aromatic carbocycles. The van der Waals surface area contributed by atoms with Gasteiger partial charge in [-0.3, -0.25) is 0 Å². The number of H-pyrrole nitrogens is 1. The minimum absolute atomic E-state index is 0.248. The molecule has 0 radical (unpaired) electrons. The van der Waals surface area contributed by atoms with Gasteiger partial charge in [-0.2, -0.15) is 0 Å². The van der Waals surface area contributed by atoms with Crippen molar-refractivity contribution in [1.82, 2.24) is 15.3 Å². The van der Waals surface area contributed by atoms with E-state index in [0.29, 0.717) is 0 Å². The number of hydrogen-bond acceptors (Lipinski definition) is 4. The van der Waals surface area contributed by atoms with Crippen molar-refractivity contribution in [2.75, 3.05) is 19.8 Å². The average Bonchev–Trinajstić information content (AvgIpc) is 3.01. The topological polar surface area (TPSA) is 49.9 Å². The van der Waals surface area contributed by atoms with Gasteiger partial charge in [-0.1, -0.05) is 0 Å². The fourth-order valence-corrected chi connectivity index (χ4v) is 2.66. The van der Waals surface area contributed by atoms with Crippen molar-refractivity contribution in [2.24, 2.45) is 0 Å². The molecule has 2 aromatic heterocycles. The van der Waals surface area contributed by atoms with Gasteiger partial charge in [0.25, 0.3) is 0 Å². The summed E-state index contributed by atoms with van der Waals surface area (Å²) in [5, 5.41) is 6.57. The van der Waals surface area contributed by atoms with Crippen LogP contribution in [0.4, 0.5) is 0 Å². The van der Waals surface area contributed by atoms with E-state index in [-0.39, 0.29) is 6.04 Å². The summed E-state index contributed by atoms with van der Waals surface area (Å²) in [5.41, 5.74) is 2.23. The second-order valence-electron chi connectivity index (χ2n) is 3.76. The zero-order valence-corrected chi connectivity index (χ0v) is 9.59. The van der Waals surface area contributed by atoms with Gasteiger partial charge in [0.15, 0.2) is 0 Å². The molecule has 3 rings (SSSR count). The predicted octanol–water partition coefficient (Wildman–Crippen LogP) is 1.80. The van der Waals surface area contributed by atoms with E-state index in [2.05, 4.69) is 20.7 Å². The van der Waals surface area contributed by atoms with Crippen LogP contribution in [0.3, 0.4) is 0 Å². The highest BCUT2D eigenvalue weighted by atomic mass is 32.1. The second kappa shape index (κ2) is 4.37. The average molecular weight is 235 g/mol. The van der Waals surface area contributed by atoms with E-state index < -0.39 is 0 Å². The molecule has 4 nitrogen and oxygen atoms in total. The van der Waals surface area contributed by atoms with Gasteiger partial charge < -0.3 is 15.0 Å². The number of thiazole rings is 1. The third-order valence-corrected chi connectivity index (χ3v) is 3.56. The van der Waals surface area contributed by atoms with Gasteiger partial charge in [-0.15, -0.1) is 11.3 Å². The van der Waals surface area contributed by atoms with E-state index in [9.17, 15) is 0 Å². The first-order valence-corrected chi connectivity index (χ1v) is 6.21. The Bertz CT molecular complexity index is 446. The van der Waals surface area contributed by atoms with Crippen molar-refractivity contribution < 1.29 is 4.74 Å². The standard InChI is InChI=1S/C11H13N3OS/c1-2-12-5-8(1)11-14-10(7-16-11)9-6-15-4-3-13-9/h1-2,5,7,9,12-13H,3-4,6H2. The Morgan fingerprint density at radius 1 is 1.50 bits per heavy atom. The molecule has 0 amide bonds. The number of nitrogens with one attached hydrogen (secondary N) is 2. The van der Waals surface area contributed by atoms with Crippen LogP contribution in [0.5, 0.6) is 0 Å². The van der Waals surface area contributed by atoms with Crippen LogP contribution in [0.1, 0.15) is 11.7 Å². The van der Waals surface area contributed by atoms with Crippen LogP contribution in [0.2, 0.25) is 0 Å². The molecular weight excluding hydrogens is 222 g/mol. The highest BCUT2D eigenvalue weighted by Crippen LogP contribution is 2.26. The van der Waals surface area contributed by atoms with E-state index in [1.54, 1.807) is 11.3 Å². The van der Waals surface area contributed by atoms with Crippen molar-refractivity contribution in [3.05, 3.63) is 29.5 Å². The molecule has 2 N–H and O–H groups in total. The Kier molecular flexibility index (Phi) is 2.73. The zero-order chi connectivity index (χ0) is 10.8. The Morgan fingerprint density at radius 3 is 3.25 bits per heavy atom. The fraction of sp³-hybridized carbons (Fsp3) is 0.364. The molecule has 1 aliphatic heterocycles. The smallest absolute Gasteiger partial charge is 0.125 e. The summed E-state index contributed by atoms with van der Waals surface area (Å²) in [6, 6.07) is 2.28. The largest absolute Gasteiger partial charge is 0.378 e. The summed E-state index contributed by atoms with van der Waals surface area (Å²) in [4.78, 5) is 7.68. The van der Waals surface area contributed by atoms with Crippen LogP contribution in [-0.2, 0) is 4.74 Å². The maximum atomic E-state index is 5.43. The zero-order valence-electron chi connectivity index (χ0n) is 8.77. The van der Waals surface area contributed by atoms with Gasteiger partial charge in [0.2, 0.25) is 0 Å². The Hall–Kier alpha value is -1.17. The molecule has 16 heavy (non-hydrogen) atoms. The Balaban J connectivity index is 1.82. The normalized spacial score (nSPS) is 21.1. The van der Waals surface area contributed by atoms with E-state index in [1.165, 1.54) is 0 Å². The molecule has 0 saturated carbocycles. The van der Waals surface area contributed by atoms with E-state index in [0.717, 1.165) is 36.0 Å². The molecule has 1 atom stereocenters. The highest BCUT2D eigenvalue weighted by molar-refractivity contribution is 7.13.